The molecule has 220 valence electrons. The highest BCUT2D eigenvalue weighted by atomic mass is 32.2. The van der Waals surface area contributed by atoms with E-state index in [1.54, 1.807) is 37.3 Å². The van der Waals surface area contributed by atoms with Gasteiger partial charge in [-0.05, 0) is 63.9 Å². The number of amides is 2. The van der Waals surface area contributed by atoms with Gasteiger partial charge in [0.2, 0.25) is 11.8 Å². The van der Waals surface area contributed by atoms with Crippen LogP contribution in [0.4, 0.5) is 5.69 Å². The number of sulfonamides is 1. The van der Waals surface area contributed by atoms with Crippen LogP contribution >= 0.6 is 0 Å². The molecular weight excluding hydrogens is 542 g/mol. The maximum atomic E-state index is 14.0. The van der Waals surface area contributed by atoms with Crippen LogP contribution in [0.2, 0.25) is 0 Å². The van der Waals surface area contributed by atoms with Crippen LogP contribution in [0.1, 0.15) is 33.3 Å². The zero-order valence-corrected chi connectivity index (χ0v) is 25.3. The van der Waals surface area contributed by atoms with E-state index in [1.807, 2.05) is 51.1 Å². The molecule has 3 aromatic rings. The molecule has 0 bridgehead atoms. The SMILES string of the molecule is COc1ccc(S(=O)(=O)N(CC(=O)N(CCc2ccccc2)[C@@H](C)C(=O)NC(C)(C)C)c2ccccc2)cc1OC. The summed E-state index contributed by atoms with van der Waals surface area (Å²) in [5.74, 6) is -0.220. The van der Waals surface area contributed by atoms with E-state index in [0.29, 0.717) is 17.9 Å². The van der Waals surface area contributed by atoms with Gasteiger partial charge in [-0.25, -0.2) is 8.42 Å². The number of carbonyl (C=O) groups is 2. The zero-order chi connectivity index (χ0) is 30.2. The Hall–Kier alpha value is -4.05. The Balaban J connectivity index is 2.00. The Labute approximate surface area is 243 Å². The molecule has 1 atom stereocenters. The minimum atomic E-state index is -4.23. The molecule has 0 radical (unpaired) electrons. The summed E-state index contributed by atoms with van der Waals surface area (Å²) in [6.07, 6.45) is 0.494. The second-order valence-corrected chi connectivity index (χ2v) is 12.5. The molecule has 0 aliphatic rings. The Kier molecular flexibility index (Phi) is 10.4. The second-order valence-electron chi connectivity index (χ2n) is 10.6. The van der Waals surface area contributed by atoms with E-state index in [9.17, 15) is 18.0 Å². The Morgan fingerprint density at radius 1 is 0.878 bits per heavy atom. The second kappa shape index (κ2) is 13.5. The van der Waals surface area contributed by atoms with Crippen molar-refractivity contribution in [1.82, 2.24) is 10.2 Å². The van der Waals surface area contributed by atoms with Crippen molar-refractivity contribution < 1.29 is 27.5 Å². The number of hydrogen-bond donors (Lipinski definition) is 1. The molecule has 3 rings (SSSR count). The van der Waals surface area contributed by atoms with Gasteiger partial charge in [-0.2, -0.15) is 0 Å². The van der Waals surface area contributed by atoms with Crippen LogP contribution in [-0.2, 0) is 26.0 Å². The van der Waals surface area contributed by atoms with Crippen LogP contribution in [0.15, 0.2) is 83.8 Å². The quantitative estimate of drug-likeness (QED) is 0.343. The van der Waals surface area contributed by atoms with E-state index in [2.05, 4.69) is 5.32 Å². The minimum Gasteiger partial charge on any atom is -0.493 e. The molecule has 0 fully saturated rings. The highest BCUT2D eigenvalue weighted by molar-refractivity contribution is 7.92. The summed E-state index contributed by atoms with van der Waals surface area (Å²) in [7, 11) is -1.35. The predicted molar refractivity (Wildman–Crippen MR) is 160 cm³/mol. The standard InChI is InChI=1S/C31H39N3O6S/c1-23(30(36)32-31(2,3)4)33(20-19-24-13-9-7-10-14-24)29(35)22-34(25-15-11-8-12-16-25)41(37,38)26-17-18-27(39-5)28(21-26)40-6/h7-18,21,23H,19-20,22H2,1-6H3,(H,32,36)/t23-/m0/s1. The molecule has 3 aromatic carbocycles. The van der Waals surface area contributed by atoms with Gasteiger partial charge in [-0.15, -0.1) is 0 Å². The molecule has 0 aromatic heterocycles. The molecule has 0 unspecified atom stereocenters. The lowest BCUT2D eigenvalue weighted by Crippen LogP contribution is -2.55. The van der Waals surface area contributed by atoms with Crippen LogP contribution in [0.25, 0.3) is 0 Å². The number of methoxy groups -OCH3 is 2. The molecule has 0 aliphatic carbocycles. The highest BCUT2D eigenvalue weighted by Gasteiger charge is 2.33. The van der Waals surface area contributed by atoms with Gasteiger partial charge in [-0.3, -0.25) is 13.9 Å². The van der Waals surface area contributed by atoms with Crippen molar-refractivity contribution in [3.63, 3.8) is 0 Å². The summed E-state index contributed by atoms with van der Waals surface area (Å²) < 4.78 is 39.7. The molecule has 10 heteroatoms. The molecule has 0 aliphatic heterocycles. The normalized spacial score (nSPS) is 12.2. The minimum absolute atomic E-state index is 0.0684. The lowest BCUT2D eigenvalue weighted by atomic mass is 10.1. The summed E-state index contributed by atoms with van der Waals surface area (Å²) in [6.45, 7) is 6.95. The van der Waals surface area contributed by atoms with Gasteiger partial charge in [0.15, 0.2) is 11.5 Å². The highest BCUT2D eigenvalue weighted by Crippen LogP contribution is 2.32. The fourth-order valence-corrected chi connectivity index (χ4v) is 5.70. The number of hydrogen-bond acceptors (Lipinski definition) is 6. The first-order valence-corrected chi connectivity index (χ1v) is 14.8. The van der Waals surface area contributed by atoms with Gasteiger partial charge in [0, 0.05) is 18.2 Å². The predicted octanol–water partition coefficient (Wildman–Crippen LogP) is 4.27. The molecule has 0 saturated heterocycles. The third kappa shape index (κ3) is 8.23. The number of anilines is 1. The van der Waals surface area contributed by atoms with Crippen LogP contribution in [0.5, 0.6) is 11.5 Å². The summed E-state index contributed by atoms with van der Waals surface area (Å²) in [5.41, 5.74) is 0.795. The zero-order valence-electron chi connectivity index (χ0n) is 24.5. The molecule has 1 N–H and O–H groups in total. The maximum Gasteiger partial charge on any atom is 0.264 e. The van der Waals surface area contributed by atoms with Gasteiger partial charge in [0.25, 0.3) is 10.0 Å². The first-order valence-electron chi connectivity index (χ1n) is 13.3. The van der Waals surface area contributed by atoms with Crippen molar-refractivity contribution in [3.8, 4) is 11.5 Å². The average molecular weight is 582 g/mol. The number of benzene rings is 3. The number of carbonyl (C=O) groups excluding carboxylic acids is 2. The van der Waals surface area contributed by atoms with Crippen molar-refractivity contribution in [2.45, 2.75) is 50.6 Å². The van der Waals surface area contributed by atoms with E-state index in [1.165, 1.54) is 37.3 Å². The molecule has 0 heterocycles. The lowest BCUT2D eigenvalue weighted by molar-refractivity contribution is -0.139. The first-order chi connectivity index (χ1) is 19.4. The molecule has 0 saturated carbocycles. The van der Waals surface area contributed by atoms with E-state index in [0.717, 1.165) is 9.87 Å². The average Bonchev–Trinajstić information content (AvgIpc) is 2.95. The summed E-state index contributed by atoms with van der Waals surface area (Å²) >= 11 is 0. The fraction of sp³-hybridized carbons (Fsp3) is 0.355. The van der Waals surface area contributed by atoms with Crippen molar-refractivity contribution in [2.24, 2.45) is 0 Å². The number of ether oxygens (including phenoxy) is 2. The van der Waals surface area contributed by atoms with E-state index in [-0.39, 0.29) is 23.1 Å². The summed E-state index contributed by atoms with van der Waals surface area (Å²) in [6, 6.07) is 21.4. The van der Waals surface area contributed by atoms with Crippen LogP contribution < -0.4 is 19.1 Å². The van der Waals surface area contributed by atoms with Crippen molar-refractivity contribution in [1.29, 1.82) is 0 Å². The van der Waals surface area contributed by atoms with Crippen LogP contribution in [-0.4, -0.2) is 64.0 Å². The summed E-state index contributed by atoms with van der Waals surface area (Å²) in [4.78, 5) is 28.5. The van der Waals surface area contributed by atoms with Crippen molar-refractivity contribution in [2.75, 3.05) is 31.6 Å². The van der Waals surface area contributed by atoms with Crippen molar-refractivity contribution >= 4 is 27.5 Å². The van der Waals surface area contributed by atoms with E-state index >= 15 is 0 Å². The monoisotopic (exact) mass is 581 g/mol. The molecule has 41 heavy (non-hydrogen) atoms. The summed E-state index contributed by atoms with van der Waals surface area (Å²) in [5, 5.41) is 2.93. The fourth-order valence-electron chi connectivity index (χ4n) is 4.27. The molecule has 2 amide bonds. The number of nitrogens with one attached hydrogen (secondary N) is 1. The van der Waals surface area contributed by atoms with E-state index < -0.39 is 34.1 Å². The van der Waals surface area contributed by atoms with E-state index in [4.69, 9.17) is 9.47 Å². The van der Waals surface area contributed by atoms with Crippen LogP contribution in [0, 0.1) is 0 Å². The number of rotatable bonds is 12. The third-order valence-electron chi connectivity index (χ3n) is 6.42. The third-order valence-corrected chi connectivity index (χ3v) is 8.19. The lowest BCUT2D eigenvalue weighted by Gasteiger charge is -2.33. The smallest absolute Gasteiger partial charge is 0.264 e. The topological polar surface area (TPSA) is 105 Å². The van der Waals surface area contributed by atoms with Gasteiger partial charge < -0.3 is 19.7 Å². The van der Waals surface area contributed by atoms with Gasteiger partial charge in [-0.1, -0.05) is 48.5 Å². The molecular formula is C31H39N3O6S. The van der Waals surface area contributed by atoms with Gasteiger partial charge >= 0.3 is 0 Å². The Bertz CT molecular complexity index is 1420. The van der Waals surface area contributed by atoms with Crippen molar-refractivity contribution in [3.05, 3.63) is 84.4 Å². The van der Waals surface area contributed by atoms with Gasteiger partial charge in [0.1, 0.15) is 12.6 Å². The number of nitrogens with zero attached hydrogens (tertiary/aromatic N) is 2. The van der Waals surface area contributed by atoms with Gasteiger partial charge in [0.05, 0.1) is 24.8 Å². The largest absolute Gasteiger partial charge is 0.493 e. The van der Waals surface area contributed by atoms with Crippen LogP contribution in [0.3, 0.4) is 0 Å². The maximum absolute atomic E-state index is 14.0. The molecule has 9 nitrogen and oxygen atoms in total. The first kappa shape index (κ1) is 31.5. The Morgan fingerprint density at radius 2 is 1.46 bits per heavy atom. The molecule has 0 spiro atoms. The number of para-hydroxylation sites is 1. The Morgan fingerprint density at radius 3 is 2.02 bits per heavy atom.